The van der Waals surface area contributed by atoms with Crippen molar-refractivity contribution < 1.29 is 0 Å². The second kappa shape index (κ2) is 4.77. The van der Waals surface area contributed by atoms with Gasteiger partial charge in [0.1, 0.15) is 0 Å². The molecule has 0 bridgehead atoms. The van der Waals surface area contributed by atoms with Crippen molar-refractivity contribution >= 4 is 5.69 Å². The van der Waals surface area contributed by atoms with E-state index < -0.39 is 0 Å². The van der Waals surface area contributed by atoms with E-state index in [2.05, 4.69) is 44.8 Å². The Morgan fingerprint density at radius 3 is 2.00 bits per heavy atom. The fourth-order valence-corrected chi connectivity index (χ4v) is 2.02. The number of nitrogens with zero attached hydrogens (tertiary/aromatic N) is 2. The molecule has 2 heteroatoms. The highest BCUT2D eigenvalue weighted by atomic mass is 15.1. The van der Waals surface area contributed by atoms with Gasteiger partial charge in [0.05, 0.1) is 11.2 Å². The van der Waals surface area contributed by atoms with Gasteiger partial charge >= 0.3 is 0 Å². The molecule has 0 atom stereocenters. The van der Waals surface area contributed by atoms with Crippen molar-refractivity contribution in [3.63, 3.8) is 0 Å². The molecular formula is C14H22N2. The molecule has 0 aliphatic carbocycles. The third-order valence-electron chi connectivity index (χ3n) is 2.16. The van der Waals surface area contributed by atoms with Crippen LogP contribution in [-0.2, 0) is 0 Å². The first-order valence-corrected chi connectivity index (χ1v) is 5.77. The monoisotopic (exact) mass is 218 g/mol. The van der Waals surface area contributed by atoms with E-state index in [1.165, 1.54) is 0 Å². The Balaban J connectivity index is 2.69. The van der Waals surface area contributed by atoms with E-state index in [4.69, 9.17) is 0 Å². The van der Waals surface area contributed by atoms with Crippen LogP contribution in [-0.4, -0.2) is 5.54 Å². The maximum Gasteiger partial charge on any atom is 0.0852 e. The molecule has 0 saturated carbocycles. The lowest BCUT2D eigenvalue weighted by Gasteiger charge is -2.27. The van der Waals surface area contributed by atoms with E-state index in [1.807, 2.05) is 30.3 Å². The minimum Gasteiger partial charge on any atom is -0.183 e. The third kappa shape index (κ3) is 5.06. The van der Waals surface area contributed by atoms with E-state index in [-0.39, 0.29) is 11.0 Å². The van der Waals surface area contributed by atoms with Crippen LogP contribution in [0.1, 0.15) is 41.0 Å². The summed E-state index contributed by atoms with van der Waals surface area (Å²) in [5.74, 6) is 0. The van der Waals surface area contributed by atoms with Crippen LogP contribution in [0.4, 0.5) is 5.69 Å². The minimum atomic E-state index is -0.103. The highest BCUT2D eigenvalue weighted by Crippen LogP contribution is 2.30. The van der Waals surface area contributed by atoms with Crippen LogP contribution in [0.15, 0.2) is 40.6 Å². The van der Waals surface area contributed by atoms with E-state index in [9.17, 15) is 0 Å². The molecule has 0 spiro atoms. The number of rotatable bonds is 3. The van der Waals surface area contributed by atoms with E-state index >= 15 is 0 Å². The maximum atomic E-state index is 4.44. The lowest BCUT2D eigenvalue weighted by atomic mass is 9.82. The second-order valence-corrected chi connectivity index (χ2v) is 6.09. The summed E-state index contributed by atoms with van der Waals surface area (Å²) in [5.41, 5.74) is 1.09. The molecule has 1 rings (SSSR count). The van der Waals surface area contributed by atoms with Gasteiger partial charge < -0.3 is 0 Å². The van der Waals surface area contributed by atoms with Gasteiger partial charge in [0, 0.05) is 0 Å². The fraction of sp³-hybridized carbons (Fsp3) is 0.571. The van der Waals surface area contributed by atoms with Gasteiger partial charge in [-0.05, 0) is 37.8 Å². The molecule has 0 aliphatic rings. The Labute approximate surface area is 98.8 Å². The van der Waals surface area contributed by atoms with Gasteiger partial charge in [-0.1, -0.05) is 39.0 Å². The Morgan fingerprint density at radius 1 is 0.938 bits per heavy atom. The molecule has 0 radical (unpaired) electrons. The molecule has 0 unspecified atom stereocenters. The Hall–Kier alpha value is -1.18. The van der Waals surface area contributed by atoms with Crippen LogP contribution in [0, 0.1) is 5.41 Å². The maximum absolute atomic E-state index is 4.44. The molecule has 0 N–H and O–H groups in total. The Morgan fingerprint density at radius 2 is 1.50 bits per heavy atom. The van der Waals surface area contributed by atoms with Gasteiger partial charge in [-0.25, -0.2) is 0 Å². The van der Waals surface area contributed by atoms with Crippen molar-refractivity contribution in [2.75, 3.05) is 0 Å². The molecule has 88 valence electrons. The normalized spacial score (nSPS) is 13.3. The summed E-state index contributed by atoms with van der Waals surface area (Å²) in [6.45, 7) is 10.9. The van der Waals surface area contributed by atoms with Crippen LogP contribution in [0.3, 0.4) is 0 Å². The topological polar surface area (TPSA) is 24.7 Å². The number of azo groups is 1. The van der Waals surface area contributed by atoms with Gasteiger partial charge in [-0.3, -0.25) is 0 Å². The van der Waals surface area contributed by atoms with Crippen molar-refractivity contribution in [3.8, 4) is 0 Å². The van der Waals surface area contributed by atoms with Crippen LogP contribution in [0.25, 0.3) is 0 Å². The van der Waals surface area contributed by atoms with E-state index in [0.29, 0.717) is 0 Å². The Kier molecular flexibility index (Phi) is 3.84. The van der Waals surface area contributed by atoms with Crippen molar-refractivity contribution in [2.24, 2.45) is 15.6 Å². The zero-order chi connectivity index (χ0) is 12.2. The molecule has 0 fully saturated rings. The predicted octanol–water partition coefficient (Wildman–Crippen LogP) is 4.99. The summed E-state index contributed by atoms with van der Waals surface area (Å²) in [4.78, 5) is 0. The summed E-state index contributed by atoms with van der Waals surface area (Å²) in [5, 5.41) is 8.72. The van der Waals surface area contributed by atoms with Gasteiger partial charge in [0.2, 0.25) is 0 Å². The molecule has 1 aromatic carbocycles. The van der Waals surface area contributed by atoms with Crippen molar-refractivity contribution in [1.82, 2.24) is 0 Å². The Bertz CT molecular complexity index is 345. The van der Waals surface area contributed by atoms with E-state index in [1.54, 1.807) is 0 Å². The van der Waals surface area contributed by atoms with Crippen molar-refractivity contribution in [3.05, 3.63) is 30.3 Å². The van der Waals surface area contributed by atoms with Gasteiger partial charge in [-0.2, -0.15) is 10.2 Å². The lowest BCUT2D eigenvalue weighted by Crippen LogP contribution is -2.24. The summed E-state index contributed by atoms with van der Waals surface area (Å²) in [7, 11) is 0. The van der Waals surface area contributed by atoms with Crippen molar-refractivity contribution in [1.29, 1.82) is 0 Å². The summed E-state index contributed by atoms with van der Waals surface area (Å²) < 4.78 is 0. The van der Waals surface area contributed by atoms with Crippen LogP contribution < -0.4 is 0 Å². The predicted molar refractivity (Wildman–Crippen MR) is 69.1 cm³/mol. The van der Waals surface area contributed by atoms with Crippen LogP contribution in [0.2, 0.25) is 0 Å². The molecule has 0 heterocycles. The smallest absolute Gasteiger partial charge is 0.0852 e. The summed E-state index contributed by atoms with van der Waals surface area (Å²) in [6, 6.07) is 9.88. The summed E-state index contributed by atoms with van der Waals surface area (Å²) in [6.07, 6.45) is 1.02. The highest BCUT2D eigenvalue weighted by molar-refractivity contribution is 5.34. The molecule has 1 aromatic rings. The van der Waals surface area contributed by atoms with Crippen molar-refractivity contribution in [2.45, 2.75) is 46.6 Å². The van der Waals surface area contributed by atoms with E-state index in [0.717, 1.165) is 12.1 Å². The second-order valence-electron chi connectivity index (χ2n) is 6.09. The quantitative estimate of drug-likeness (QED) is 0.639. The minimum absolute atomic E-state index is 0.103. The first kappa shape index (κ1) is 12.9. The number of hydrogen-bond acceptors (Lipinski definition) is 2. The summed E-state index contributed by atoms with van der Waals surface area (Å²) >= 11 is 0. The average Bonchev–Trinajstić information content (AvgIpc) is 2.13. The van der Waals surface area contributed by atoms with Crippen LogP contribution in [0.5, 0.6) is 0 Å². The molecule has 0 saturated heterocycles. The zero-order valence-corrected chi connectivity index (χ0v) is 11.0. The van der Waals surface area contributed by atoms with Crippen LogP contribution >= 0.6 is 0 Å². The molecule has 0 amide bonds. The highest BCUT2D eigenvalue weighted by Gasteiger charge is 2.24. The largest absolute Gasteiger partial charge is 0.183 e. The van der Waals surface area contributed by atoms with Gasteiger partial charge in [0.15, 0.2) is 0 Å². The number of benzene rings is 1. The molecule has 16 heavy (non-hydrogen) atoms. The SMILES string of the molecule is CC(C)(C)CC(C)(C)N=Nc1ccccc1. The van der Waals surface area contributed by atoms with Gasteiger partial charge in [-0.15, -0.1) is 0 Å². The molecule has 0 aromatic heterocycles. The zero-order valence-electron chi connectivity index (χ0n) is 11.0. The molecule has 0 aliphatic heterocycles. The standard InChI is InChI=1S/C14H22N2/c1-13(2,3)11-14(4,5)16-15-12-9-7-6-8-10-12/h6-10H,11H2,1-5H3. The third-order valence-corrected chi connectivity index (χ3v) is 2.16. The first-order valence-electron chi connectivity index (χ1n) is 5.77. The average molecular weight is 218 g/mol. The lowest BCUT2D eigenvalue weighted by molar-refractivity contribution is 0.281. The first-order chi connectivity index (χ1) is 7.29. The number of hydrogen-bond donors (Lipinski definition) is 0. The molecular weight excluding hydrogens is 196 g/mol. The fourth-order valence-electron chi connectivity index (χ4n) is 2.02. The molecule has 2 nitrogen and oxygen atoms in total. The van der Waals surface area contributed by atoms with Gasteiger partial charge in [0.25, 0.3) is 0 Å².